The molecule has 2 aromatic rings. The number of esters is 1. The summed E-state index contributed by atoms with van der Waals surface area (Å²) in [5.74, 6) is 0.304. The number of rotatable bonds is 4. The maximum absolute atomic E-state index is 11.9. The molecular weight excluding hydrogens is 338 g/mol. The molecule has 0 fully saturated rings. The predicted octanol–water partition coefficient (Wildman–Crippen LogP) is 2.63. The molecule has 132 valence electrons. The highest BCUT2D eigenvalue weighted by atomic mass is 16.5. The van der Waals surface area contributed by atoms with Gasteiger partial charge in [0.15, 0.2) is 11.8 Å². The van der Waals surface area contributed by atoms with E-state index in [0.717, 1.165) is 17.7 Å². The number of azo groups is 1. The Bertz CT molecular complexity index is 915. The summed E-state index contributed by atoms with van der Waals surface area (Å²) in [6.45, 7) is 1.96. The molecule has 8 nitrogen and oxygen atoms in total. The summed E-state index contributed by atoms with van der Waals surface area (Å²) in [6.07, 6.45) is 3.60. The lowest BCUT2D eigenvalue weighted by Gasteiger charge is -2.07. The van der Waals surface area contributed by atoms with E-state index in [4.69, 9.17) is 14.0 Å². The first-order chi connectivity index (χ1) is 12.6. The second-order valence-corrected chi connectivity index (χ2v) is 6.10. The molecule has 0 aliphatic carbocycles. The molecule has 8 heteroatoms. The summed E-state index contributed by atoms with van der Waals surface area (Å²) < 4.78 is 16.2. The van der Waals surface area contributed by atoms with E-state index in [2.05, 4.69) is 15.4 Å². The smallest absolute Gasteiger partial charge is 0.337 e. The van der Waals surface area contributed by atoms with Crippen molar-refractivity contribution >= 4 is 11.9 Å². The van der Waals surface area contributed by atoms with E-state index in [1.165, 1.54) is 17.7 Å². The van der Waals surface area contributed by atoms with Crippen LogP contribution in [0.5, 0.6) is 5.75 Å². The molecule has 4 rings (SSSR count). The normalized spacial score (nSPS) is 20.7. The van der Waals surface area contributed by atoms with Crippen molar-refractivity contribution in [1.29, 1.82) is 0 Å². The van der Waals surface area contributed by atoms with Gasteiger partial charge in [-0.2, -0.15) is 5.11 Å². The molecule has 2 aliphatic heterocycles. The van der Waals surface area contributed by atoms with E-state index in [-0.39, 0.29) is 12.7 Å². The molecule has 0 spiro atoms. The van der Waals surface area contributed by atoms with Gasteiger partial charge in [0.05, 0.1) is 0 Å². The molecule has 0 saturated carbocycles. The van der Waals surface area contributed by atoms with E-state index >= 15 is 0 Å². The fourth-order valence-corrected chi connectivity index (χ4v) is 2.79. The van der Waals surface area contributed by atoms with E-state index in [0.29, 0.717) is 11.5 Å². The van der Waals surface area contributed by atoms with Gasteiger partial charge in [0.25, 0.3) is 5.91 Å². The van der Waals surface area contributed by atoms with Gasteiger partial charge in [0.2, 0.25) is 0 Å². The first-order valence-corrected chi connectivity index (χ1v) is 8.14. The van der Waals surface area contributed by atoms with Crippen LogP contribution in [0.2, 0.25) is 0 Å². The Morgan fingerprint density at radius 1 is 1.35 bits per heavy atom. The number of ether oxygens (including phenoxy) is 2. The molecular formula is C18H15N3O5. The molecule has 2 aliphatic rings. The fraction of sp³-hybridized carbons (Fsp3) is 0.278. The number of carbonyl (C=O) groups is 2. The van der Waals surface area contributed by atoms with Gasteiger partial charge >= 0.3 is 5.97 Å². The fourth-order valence-electron chi connectivity index (χ4n) is 2.79. The van der Waals surface area contributed by atoms with Crippen molar-refractivity contribution in [2.45, 2.75) is 32.1 Å². The van der Waals surface area contributed by atoms with Crippen molar-refractivity contribution in [3.8, 4) is 17.1 Å². The van der Waals surface area contributed by atoms with Crippen molar-refractivity contribution in [1.82, 2.24) is 5.16 Å². The molecule has 2 unspecified atom stereocenters. The van der Waals surface area contributed by atoms with Crippen LogP contribution < -0.4 is 4.74 Å². The van der Waals surface area contributed by atoms with Crippen LogP contribution in [0.4, 0.5) is 0 Å². The topological polar surface area (TPSA) is 103 Å². The third-order valence-electron chi connectivity index (χ3n) is 4.05. The van der Waals surface area contributed by atoms with Crippen LogP contribution in [0, 0.1) is 0 Å². The number of hydrogen-bond acceptors (Lipinski definition) is 7. The van der Waals surface area contributed by atoms with Gasteiger partial charge in [-0.05, 0) is 24.6 Å². The van der Waals surface area contributed by atoms with Gasteiger partial charge in [-0.25, -0.2) is 4.79 Å². The van der Waals surface area contributed by atoms with Crippen LogP contribution in [0.1, 0.15) is 18.2 Å². The zero-order valence-corrected chi connectivity index (χ0v) is 13.9. The van der Waals surface area contributed by atoms with Crippen LogP contribution in [0.25, 0.3) is 11.3 Å². The Balaban J connectivity index is 1.40. The number of amides is 1. The quantitative estimate of drug-likeness (QED) is 0.783. The Morgan fingerprint density at radius 3 is 3.04 bits per heavy atom. The summed E-state index contributed by atoms with van der Waals surface area (Å²) in [4.78, 5) is 22.8. The average Bonchev–Trinajstić information content (AvgIpc) is 3.25. The number of aromatic nitrogens is 1. The lowest BCUT2D eigenvalue weighted by atomic mass is 10.1. The highest BCUT2D eigenvalue weighted by molar-refractivity contribution is 5.91. The molecule has 0 saturated heterocycles. The molecule has 1 amide bonds. The molecule has 1 aromatic heterocycles. The zero-order chi connectivity index (χ0) is 18.1. The predicted molar refractivity (Wildman–Crippen MR) is 88.3 cm³/mol. The van der Waals surface area contributed by atoms with Crippen LogP contribution in [-0.2, 0) is 27.4 Å². The van der Waals surface area contributed by atoms with Crippen molar-refractivity contribution in [2.24, 2.45) is 10.2 Å². The van der Waals surface area contributed by atoms with Crippen molar-refractivity contribution in [2.75, 3.05) is 0 Å². The summed E-state index contributed by atoms with van der Waals surface area (Å²) in [6, 6.07) is 6.67. The largest absolute Gasteiger partial charge is 0.490 e. The lowest BCUT2D eigenvalue weighted by molar-refractivity contribution is -0.145. The molecule has 0 bridgehead atoms. The number of hydrogen-bond donors (Lipinski definition) is 0. The Hall–Kier alpha value is -3.29. The maximum Gasteiger partial charge on any atom is 0.337 e. The Kier molecular flexibility index (Phi) is 4.08. The monoisotopic (exact) mass is 353 g/mol. The first kappa shape index (κ1) is 16.2. The second kappa shape index (κ2) is 6.55. The van der Waals surface area contributed by atoms with Crippen LogP contribution in [0.3, 0.4) is 0 Å². The summed E-state index contributed by atoms with van der Waals surface area (Å²) in [5.41, 5.74) is 2.48. The highest BCUT2D eigenvalue weighted by Crippen LogP contribution is 2.33. The van der Waals surface area contributed by atoms with Crippen LogP contribution >= 0.6 is 0 Å². The van der Waals surface area contributed by atoms with E-state index < -0.39 is 17.9 Å². The minimum atomic E-state index is -0.907. The summed E-state index contributed by atoms with van der Waals surface area (Å²) in [5, 5.41) is 10.8. The maximum atomic E-state index is 11.9. The number of fused-ring (bicyclic) bond motifs is 1. The number of nitrogens with zero attached hydrogens (tertiary/aromatic N) is 3. The molecule has 3 heterocycles. The van der Waals surface area contributed by atoms with E-state index in [1.807, 2.05) is 25.1 Å². The van der Waals surface area contributed by atoms with Crippen LogP contribution in [0.15, 0.2) is 51.2 Å². The number of benzene rings is 1. The Labute approximate surface area is 148 Å². The molecule has 26 heavy (non-hydrogen) atoms. The van der Waals surface area contributed by atoms with E-state index in [1.54, 1.807) is 6.07 Å². The van der Waals surface area contributed by atoms with Gasteiger partial charge in [-0.15, -0.1) is 5.11 Å². The minimum absolute atomic E-state index is 0.0609. The summed E-state index contributed by atoms with van der Waals surface area (Å²) >= 11 is 0. The molecule has 0 N–H and O–H groups in total. The van der Waals surface area contributed by atoms with Gasteiger partial charge in [0, 0.05) is 24.1 Å². The van der Waals surface area contributed by atoms with Crippen molar-refractivity contribution < 1.29 is 23.6 Å². The lowest BCUT2D eigenvalue weighted by Crippen LogP contribution is -2.21. The third-order valence-corrected chi connectivity index (χ3v) is 4.05. The Morgan fingerprint density at radius 2 is 2.23 bits per heavy atom. The third kappa shape index (κ3) is 3.26. The summed E-state index contributed by atoms with van der Waals surface area (Å²) in [7, 11) is 0. The van der Waals surface area contributed by atoms with Crippen LogP contribution in [-0.4, -0.2) is 29.2 Å². The molecule has 2 atom stereocenters. The standard InChI is InChI=1S/C18H15N3O5/c1-10-6-11-2-3-12(7-15(11)25-10)16-8-13(21-26-16)9-24-18(23)14-4-5-17(22)20-19-14/h2-5,7-8,10,14H,6,9H2,1H3. The second-order valence-electron chi connectivity index (χ2n) is 6.10. The molecule has 0 radical (unpaired) electrons. The van der Waals surface area contributed by atoms with Crippen molar-refractivity contribution in [3.63, 3.8) is 0 Å². The van der Waals surface area contributed by atoms with Gasteiger partial charge in [-0.1, -0.05) is 17.3 Å². The van der Waals surface area contributed by atoms with Crippen molar-refractivity contribution in [3.05, 3.63) is 47.7 Å². The highest BCUT2D eigenvalue weighted by Gasteiger charge is 2.22. The zero-order valence-electron chi connectivity index (χ0n) is 13.9. The average molecular weight is 353 g/mol. The molecule has 1 aromatic carbocycles. The SMILES string of the molecule is CC1Cc2ccc(-c3cc(COC(=O)C4C=CC(=O)N=N4)no3)cc2O1. The van der Waals surface area contributed by atoms with E-state index in [9.17, 15) is 9.59 Å². The first-order valence-electron chi connectivity index (χ1n) is 8.14. The minimum Gasteiger partial charge on any atom is -0.490 e. The number of carbonyl (C=O) groups excluding carboxylic acids is 2. The van der Waals surface area contributed by atoms with Gasteiger partial charge in [0.1, 0.15) is 24.2 Å². The van der Waals surface area contributed by atoms with Gasteiger partial charge < -0.3 is 14.0 Å². The van der Waals surface area contributed by atoms with Gasteiger partial charge in [-0.3, -0.25) is 4.79 Å².